The van der Waals surface area contributed by atoms with Gasteiger partial charge in [-0.2, -0.15) is 26.3 Å². The van der Waals surface area contributed by atoms with Gasteiger partial charge in [-0.15, -0.1) is 0 Å². The van der Waals surface area contributed by atoms with Crippen LogP contribution < -0.4 is 19.9 Å². The lowest BCUT2D eigenvalue weighted by molar-refractivity contribution is -0.149. The number of ether oxygens (including phenoxy) is 3. The molecule has 1 fully saturated rings. The van der Waals surface area contributed by atoms with Crippen molar-refractivity contribution in [3.05, 3.63) is 71.0 Å². The molecule has 2 unspecified atom stereocenters. The molecule has 52 heavy (non-hydrogen) atoms. The maximum absolute atomic E-state index is 13.7. The molecule has 0 radical (unpaired) electrons. The van der Waals surface area contributed by atoms with Gasteiger partial charge in [0.05, 0.1) is 66.7 Å². The molecule has 0 bridgehead atoms. The fourth-order valence-electron chi connectivity index (χ4n) is 6.91. The van der Waals surface area contributed by atoms with Crippen molar-refractivity contribution in [3.63, 3.8) is 0 Å². The summed E-state index contributed by atoms with van der Waals surface area (Å²) < 4.78 is 98.0. The SMILES string of the molecule is CCOC(=O)C1CCN(c2ccc(N[C@H]3C[C@@H](CC)N(C(=O)OCC)c4ccc(OC)nc43)nc2)C(Cc2cc(C(F)(F)F)cc(C(F)(F)F)c2)C1. The van der Waals surface area contributed by atoms with Crippen LogP contribution in [0.5, 0.6) is 5.88 Å². The van der Waals surface area contributed by atoms with Crippen molar-refractivity contribution in [1.29, 1.82) is 0 Å². The number of esters is 1. The molecule has 282 valence electrons. The number of piperidine rings is 1. The number of fused-ring (bicyclic) bond motifs is 1. The van der Waals surface area contributed by atoms with Gasteiger partial charge in [-0.3, -0.25) is 9.69 Å². The van der Waals surface area contributed by atoms with E-state index in [0.717, 1.165) is 12.1 Å². The Hall–Kier alpha value is -4.76. The highest BCUT2D eigenvalue weighted by Crippen LogP contribution is 2.41. The number of aromatic nitrogens is 2. The Morgan fingerprint density at radius 3 is 2.17 bits per heavy atom. The van der Waals surface area contributed by atoms with E-state index in [0.29, 0.717) is 48.0 Å². The monoisotopic (exact) mass is 737 g/mol. The van der Waals surface area contributed by atoms with Crippen LogP contribution in [0.2, 0.25) is 0 Å². The van der Waals surface area contributed by atoms with Crippen LogP contribution in [0.4, 0.5) is 48.3 Å². The van der Waals surface area contributed by atoms with Gasteiger partial charge in [0.1, 0.15) is 5.82 Å². The summed E-state index contributed by atoms with van der Waals surface area (Å²) in [5.74, 6) is -0.225. The van der Waals surface area contributed by atoms with Crippen molar-refractivity contribution in [2.24, 2.45) is 5.92 Å². The minimum Gasteiger partial charge on any atom is -0.481 e. The summed E-state index contributed by atoms with van der Waals surface area (Å²) in [6, 6.07) is 7.21. The van der Waals surface area contributed by atoms with Gasteiger partial charge in [-0.05, 0) is 87.9 Å². The summed E-state index contributed by atoms with van der Waals surface area (Å²) in [5.41, 5.74) is -1.25. The number of anilines is 3. The molecule has 5 rings (SSSR count). The van der Waals surface area contributed by atoms with E-state index in [9.17, 15) is 35.9 Å². The first-order chi connectivity index (χ1) is 24.7. The zero-order valence-electron chi connectivity index (χ0n) is 29.2. The maximum Gasteiger partial charge on any atom is 0.416 e. The van der Waals surface area contributed by atoms with Crippen molar-refractivity contribution in [2.45, 2.75) is 83.4 Å². The first-order valence-electron chi connectivity index (χ1n) is 17.1. The van der Waals surface area contributed by atoms with Gasteiger partial charge in [0, 0.05) is 24.7 Å². The Labute approximate surface area is 297 Å². The largest absolute Gasteiger partial charge is 0.481 e. The van der Waals surface area contributed by atoms with Gasteiger partial charge < -0.3 is 24.4 Å². The number of hydrogen-bond acceptors (Lipinski definition) is 9. The van der Waals surface area contributed by atoms with Crippen LogP contribution >= 0.6 is 0 Å². The molecular formula is C36H41F6N5O5. The lowest BCUT2D eigenvalue weighted by atomic mass is 9.86. The number of benzene rings is 1. The smallest absolute Gasteiger partial charge is 0.416 e. The fraction of sp³-hybridized carbons (Fsp3) is 0.500. The third-order valence-corrected chi connectivity index (χ3v) is 9.34. The van der Waals surface area contributed by atoms with Crippen LogP contribution in [0.1, 0.15) is 74.9 Å². The van der Waals surface area contributed by atoms with Crippen molar-refractivity contribution in [3.8, 4) is 5.88 Å². The normalized spacial score (nSPS) is 20.6. The van der Waals surface area contributed by atoms with Crippen LogP contribution in [0, 0.1) is 5.92 Å². The molecule has 1 amide bonds. The quantitative estimate of drug-likeness (QED) is 0.163. The zero-order chi connectivity index (χ0) is 37.8. The lowest BCUT2D eigenvalue weighted by Gasteiger charge is -2.41. The Morgan fingerprint density at radius 1 is 0.904 bits per heavy atom. The van der Waals surface area contributed by atoms with E-state index in [1.807, 2.05) is 11.8 Å². The number of rotatable bonds is 10. The van der Waals surface area contributed by atoms with Crippen LogP contribution in [0.3, 0.4) is 0 Å². The first-order valence-corrected chi connectivity index (χ1v) is 17.1. The van der Waals surface area contributed by atoms with Crippen molar-refractivity contribution < 1.29 is 50.1 Å². The molecule has 0 saturated carbocycles. The van der Waals surface area contributed by atoms with Crippen LogP contribution in [0.15, 0.2) is 48.7 Å². The average Bonchev–Trinajstić information content (AvgIpc) is 3.11. The fourth-order valence-corrected chi connectivity index (χ4v) is 6.91. The summed E-state index contributed by atoms with van der Waals surface area (Å²) in [6.07, 6.45) is -7.45. The molecule has 16 heteroatoms. The highest BCUT2D eigenvalue weighted by atomic mass is 19.4. The Kier molecular flexibility index (Phi) is 11.7. The number of pyridine rings is 2. The number of hydrogen-bond donors (Lipinski definition) is 1. The number of amides is 1. The van der Waals surface area contributed by atoms with Gasteiger partial charge in [-0.1, -0.05) is 6.92 Å². The molecule has 1 saturated heterocycles. The molecule has 3 aromatic rings. The van der Waals surface area contributed by atoms with Gasteiger partial charge in [-0.25, -0.2) is 14.8 Å². The molecular weight excluding hydrogens is 696 g/mol. The van der Waals surface area contributed by atoms with E-state index >= 15 is 0 Å². The van der Waals surface area contributed by atoms with Crippen LogP contribution in [-0.2, 0) is 33.0 Å². The average molecular weight is 738 g/mol. The second-order valence-corrected chi connectivity index (χ2v) is 12.7. The number of nitrogens with one attached hydrogen (secondary N) is 1. The van der Waals surface area contributed by atoms with Gasteiger partial charge in [0.25, 0.3) is 0 Å². The number of carbonyl (C=O) groups is 2. The predicted molar refractivity (Wildman–Crippen MR) is 180 cm³/mol. The summed E-state index contributed by atoms with van der Waals surface area (Å²) in [5, 5.41) is 3.40. The highest BCUT2D eigenvalue weighted by molar-refractivity contribution is 5.90. The highest BCUT2D eigenvalue weighted by Gasteiger charge is 2.40. The van der Waals surface area contributed by atoms with Crippen molar-refractivity contribution in [1.82, 2.24) is 9.97 Å². The number of alkyl halides is 6. The second-order valence-electron chi connectivity index (χ2n) is 12.7. The van der Waals surface area contributed by atoms with Crippen molar-refractivity contribution in [2.75, 3.05) is 42.0 Å². The second kappa shape index (κ2) is 15.9. The van der Waals surface area contributed by atoms with E-state index in [1.54, 1.807) is 49.2 Å². The van der Waals surface area contributed by atoms with Gasteiger partial charge >= 0.3 is 24.4 Å². The van der Waals surface area contributed by atoms with Crippen LogP contribution in [0.25, 0.3) is 0 Å². The topological polar surface area (TPSA) is 106 Å². The minimum absolute atomic E-state index is 0.104. The first kappa shape index (κ1) is 38.5. The lowest BCUT2D eigenvalue weighted by Crippen LogP contribution is -2.46. The molecule has 4 heterocycles. The standard InChI is InChI=1S/C36H41F6N5O5/c1-5-25-19-28(32-29(9-11-31(45-32)50-4)47(25)34(49)52-7-3)44-30-10-8-26(20-43-30)46-13-12-22(33(48)51-6-2)17-27(46)16-21-14-23(35(37,38)39)18-24(15-21)36(40,41)42/h8-11,14-15,18,20,22,25,27-28H,5-7,12-13,16-17,19H2,1-4H3,(H,43,44)/t22?,25-,27?,28+/m1/s1. The maximum atomic E-state index is 13.7. The summed E-state index contributed by atoms with van der Waals surface area (Å²) in [4.78, 5) is 38.4. The van der Waals surface area contributed by atoms with E-state index in [2.05, 4.69) is 15.3 Å². The number of methoxy groups -OCH3 is 1. The van der Waals surface area contributed by atoms with E-state index in [4.69, 9.17) is 14.2 Å². The third-order valence-electron chi connectivity index (χ3n) is 9.34. The van der Waals surface area contributed by atoms with E-state index in [1.165, 1.54) is 7.11 Å². The zero-order valence-corrected chi connectivity index (χ0v) is 29.2. The third kappa shape index (κ3) is 8.64. The summed E-state index contributed by atoms with van der Waals surface area (Å²) in [6.45, 7) is 5.99. The van der Waals surface area contributed by atoms with E-state index < -0.39 is 47.5 Å². The summed E-state index contributed by atoms with van der Waals surface area (Å²) >= 11 is 0. The molecule has 2 aliphatic rings. The van der Waals surface area contributed by atoms with Crippen molar-refractivity contribution >= 4 is 29.3 Å². The Balaban J connectivity index is 1.43. The molecule has 1 N–H and O–H groups in total. The van der Waals surface area contributed by atoms with Gasteiger partial charge in [0.2, 0.25) is 5.88 Å². The number of halogens is 6. The molecule has 10 nitrogen and oxygen atoms in total. The number of nitrogens with zero attached hydrogens (tertiary/aromatic N) is 4. The van der Waals surface area contributed by atoms with Gasteiger partial charge in [0.15, 0.2) is 0 Å². The molecule has 2 aliphatic heterocycles. The molecule has 2 aromatic heterocycles. The van der Waals surface area contributed by atoms with E-state index in [-0.39, 0.29) is 56.3 Å². The molecule has 4 atom stereocenters. The molecule has 0 spiro atoms. The number of carbonyl (C=O) groups excluding carboxylic acids is 2. The minimum atomic E-state index is -4.99. The summed E-state index contributed by atoms with van der Waals surface area (Å²) in [7, 11) is 1.49. The Morgan fingerprint density at radius 2 is 1.60 bits per heavy atom. The Bertz CT molecular complexity index is 1690. The molecule has 1 aromatic carbocycles. The van der Waals surface area contributed by atoms with Crippen LogP contribution in [-0.4, -0.2) is 61.0 Å². The predicted octanol–water partition coefficient (Wildman–Crippen LogP) is 8.21. The molecule has 0 aliphatic carbocycles.